The van der Waals surface area contributed by atoms with Gasteiger partial charge in [0, 0.05) is 6.54 Å². The van der Waals surface area contributed by atoms with Crippen LogP contribution in [-0.4, -0.2) is 12.0 Å². The third-order valence-electron chi connectivity index (χ3n) is 1.36. The van der Waals surface area contributed by atoms with Crippen molar-refractivity contribution in [1.29, 1.82) is 0 Å². The summed E-state index contributed by atoms with van der Waals surface area (Å²) in [7, 11) is 1.90. The van der Waals surface area contributed by atoms with E-state index in [-0.39, 0.29) is 0 Å². The molecule has 1 rings (SSSR count). The Morgan fingerprint density at radius 2 is 2.36 bits per heavy atom. The van der Waals surface area contributed by atoms with Gasteiger partial charge in [-0.05, 0) is 13.5 Å². The Labute approximate surface area is 75.6 Å². The van der Waals surface area contributed by atoms with Gasteiger partial charge >= 0.3 is 0 Å². The van der Waals surface area contributed by atoms with Gasteiger partial charge < -0.3 is 5.32 Å². The number of nitrogens with one attached hydrogen (secondary N) is 1. The molecule has 11 heavy (non-hydrogen) atoms. The summed E-state index contributed by atoms with van der Waals surface area (Å²) in [5, 5.41) is 4.10. The third kappa shape index (κ3) is 2.15. The van der Waals surface area contributed by atoms with Crippen LogP contribution in [0.2, 0.25) is 4.34 Å². The fourth-order valence-corrected chi connectivity index (χ4v) is 2.15. The highest BCUT2D eigenvalue weighted by molar-refractivity contribution is 7.16. The number of halogens is 1. The first-order valence-corrected chi connectivity index (χ1v) is 4.76. The molecule has 1 aromatic heterocycles. The summed E-state index contributed by atoms with van der Waals surface area (Å²) in [5.41, 5.74) is 1.02. The highest BCUT2D eigenvalue weighted by Crippen LogP contribution is 2.24. The molecule has 1 heterocycles. The topological polar surface area (TPSA) is 24.9 Å². The SMILES string of the molecule is CCc1nc(CNC)sc1Cl. The van der Waals surface area contributed by atoms with E-state index in [4.69, 9.17) is 11.6 Å². The third-order valence-corrected chi connectivity index (χ3v) is 2.69. The lowest BCUT2D eigenvalue weighted by atomic mass is 10.4. The van der Waals surface area contributed by atoms with Crippen LogP contribution in [0, 0.1) is 0 Å². The van der Waals surface area contributed by atoms with E-state index in [1.54, 1.807) is 11.3 Å². The predicted molar refractivity (Wildman–Crippen MR) is 49.3 cm³/mol. The molecule has 2 nitrogen and oxygen atoms in total. The van der Waals surface area contributed by atoms with Crippen LogP contribution in [0.3, 0.4) is 0 Å². The van der Waals surface area contributed by atoms with Gasteiger partial charge in [0.05, 0.1) is 5.69 Å². The van der Waals surface area contributed by atoms with Gasteiger partial charge in [0.15, 0.2) is 0 Å². The van der Waals surface area contributed by atoms with E-state index in [1.807, 2.05) is 7.05 Å². The number of nitrogens with zero attached hydrogens (tertiary/aromatic N) is 1. The predicted octanol–water partition coefficient (Wildman–Crippen LogP) is 2.08. The quantitative estimate of drug-likeness (QED) is 0.790. The van der Waals surface area contributed by atoms with E-state index in [0.29, 0.717) is 0 Å². The van der Waals surface area contributed by atoms with E-state index >= 15 is 0 Å². The molecule has 0 spiro atoms. The van der Waals surface area contributed by atoms with Gasteiger partial charge in [0.25, 0.3) is 0 Å². The molecule has 0 atom stereocenters. The molecule has 0 fully saturated rings. The lowest BCUT2D eigenvalue weighted by molar-refractivity contribution is 0.804. The maximum absolute atomic E-state index is 5.91. The first-order valence-electron chi connectivity index (χ1n) is 3.56. The van der Waals surface area contributed by atoms with Gasteiger partial charge in [-0.3, -0.25) is 0 Å². The average Bonchev–Trinajstić information content (AvgIpc) is 2.32. The first-order chi connectivity index (χ1) is 5.27. The minimum Gasteiger partial charge on any atom is -0.314 e. The van der Waals surface area contributed by atoms with Crippen molar-refractivity contribution in [2.24, 2.45) is 0 Å². The van der Waals surface area contributed by atoms with E-state index in [9.17, 15) is 0 Å². The van der Waals surface area contributed by atoms with Crippen molar-refractivity contribution in [2.45, 2.75) is 19.9 Å². The van der Waals surface area contributed by atoms with Crippen LogP contribution in [0.15, 0.2) is 0 Å². The number of thiazole rings is 1. The smallest absolute Gasteiger partial charge is 0.116 e. The molecule has 0 radical (unpaired) electrons. The van der Waals surface area contributed by atoms with Crippen molar-refractivity contribution in [3.8, 4) is 0 Å². The molecule has 4 heteroatoms. The fraction of sp³-hybridized carbons (Fsp3) is 0.571. The monoisotopic (exact) mass is 190 g/mol. The lowest BCUT2D eigenvalue weighted by Gasteiger charge is -1.89. The maximum atomic E-state index is 5.91. The van der Waals surface area contributed by atoms with Crippen LogP contribution in [0.5, 0.6) is 0 Å². The average molecular weight is 191 g/mol. The first kappa shape index (κ1) is 8.97. The number of aromatic nitrogens is 1. The van der Waals surface area contributed by atoms with Crippen molar-refractivity contribution >= 4 is 22.9 Å². The molecule has 0 amide bonds. The molecule has 62 valence electrons. The number of hydrogen-bond donors (Lipinski definition) is 1. The molecule has 0 bridgehead atoms. The summed E-state index contributed by atoms with van der Waals surface area (Å²) in [6, 6.07) is 0. The molecular formula is C7H11ClN2S. The van der Waals surface area contributed by atoms with Gasteiger partial charge in [-0.2, -0.15) is 0 Å². The summed E-state index contributed by atoms with van der Waals surface area (Å²) in [6.07, 6.45) is 0.916. The maximum Gasteiger partial charge on any atom is 0.116 e. The van der Waals surface area contributed by atoms with E-state index in [1.165, 1.54) is 0 Å². The van der Waals surface area contributed by atoms with Crippen LogP contribution < -0.4 is 5.32 Å². The van der Waals surface area contributed by atoms with E-state index in [2.05, 4.69) is 17.2 Å². The van der Waals surface area contributed by atoms with Crippen molar-refractivity contribution in [1.82, 2.24) is 10.3 Å². The second kappa shape index (κ2) is 4.04. The molecule has 0 saturated carbocycles. The minimum absolute atomic E-state index is 0.810. The Morgan fingerprint density at radius 3 is 2.82 bits per heavy atom. The standard InChI is InChI=1S/C7H11ClN2S/c1-3-5-7(8)11-6(10-5)4-9-2/h9H,3-4H2,1-2H3. The van der Waals surface area contributed by atoms with Crippen LogP contribution in [-0.2, 0) is 13.0 Å². The van der Waals surface area contributed by atoms with E-state index in [0.717, 1.165) is 28.0 Å². The second-order valence-electron chi connectivity index (χ2n) is 2.21. The zero-order chi connectivity index (χ0) is 8.27. The van der Waals surface area contributed by atoms with Gasteiger partial charge in [-0.15, -0.1) is 11.3 Å². The van der Waals surface area contributed by atoms with Crippen molar-refractivity contribution < 1.29 is 0 Å². The summed E-state index contributed by atoms with van der Waals surface area (Å²) in [5.74, 6) is 0. The van der Waals surface area contributed by atoms with Crippen LogP contribution in [0.1, 0.15) is 17.6 Å². The fourth-order valence-electron chi connectivity index (χ4n) is 0.825. The molecular weight excluding hydrogens is 180 g/mol. The number of rotatable bonds is 3. The summed E-state index contributed by atoms with van der Waals surface area (Å²) < 4.78 is 0.831. The Kier molecular flexibility index (Phi) is 3.30. The molecule has 0 aliphatic rings. The van der Waals surface area contributed by atoms with Gasteiger partial charge in [0.2, 0.25) is 0 Å². The van der Waals surface area contributed by atoms with Gasteiger partial charge in [-0.25, -0.2) is 4.98 Å². The van der Waals surface area contributed by atoms with Gasteiger partial charge in [-0.1, -0.05) is 18.5 Å². The highest BCUT2D eigenvalue weighted by atomic mass is 35.5. The van der Waals surface area contributed by atoms with Crippen molar-refractivity contribution in [3.05, 3.63) is 15.0 Å². The Hall–Kier alpha value is -0.120. The molecule has 0 unspecified atom stereocenters. The van der Waals surface area contributed by atoms with E-state index < -0.39 is 0 Å². The van der Waals surface area contributed by atoms with Crippen molar-refractivity contribution in [2.75, 3.05) is 7.05 Å². The molecule has 1 N–H and O–H groups in total. The molecule has 1 aromatic rings. The van der Waals surface area contributed by atoms with Crippen LogP contribution in [0.25, 0.3) is 0 Å². The Morgan fingerprint density at radius 1 is 1.64 bits per heavy atom. The normalized spacial score (nSPS) is 10.5. The summed E-state index contributed by atoms with van der Waals surface area (Å²) in [6.45, 7) is 2.87. The lowest BCUT2D eigenvalue weighted by Crippen LogP contribution is -2.04. The Balaban J connectivity index is 2.77. The molecule has 0 aliphatic heterocycles. The zero-order valence-corrected chi connectivity index (χ0v) is 8.22. The zero-order valence-electron chi connectivity index (χ0n) is 6.65. The molecule has 0 aliphatic carbocycles. The van der Waals surface area contributed by atoms with Crippen LogP contribution in [0.4, 0.5) is 0 Å². The second-order valence-corrected chi connectivity index (χ2v) is 3.90. The van der Waals surface area contributed by atoms with Crippen LogP contribution >= 0.6 is 22.9 Å². The number of hydrogen-bond acceptors (Lipinski definition) is 3. The molecule has 0 saturated heterocycles. The molecule has 0 aromatic carbocycles. The summed E-state index contributed by atoms with van der Waals surface area (Å²) in [4.78, 5) is 4.34. The minimum atomic E-state index is 0.810. The number of aryl methyl sites for hydroxylation is 1. The Bertz CT molecular complexity index is 234. The summed E-state index contributed by atoms with van der Waals surface area (Å²) >= 11 is 7.46. The van der Waals surface area contributed by atoms with Gasteiger partial charge in [0.1, 0.15) is 9.34 Å². The van der Waals surface area contributed by atoms with Crippen molar-refractivity contribution in [3.63, 3.8) is 0 Å². The largest absolute Gasteiger partial charge is 0.314 e. The highest BCUT2D eigenvalue weighted by Gasteiger charge is 2.05.